The second-order valence-corrected chi connectivity index (χ2v) is 4.26. The van der Waals surface area contributed by atoms with Gasteiger partial charge in [0.1, 0.15) is 11.9 Å². The van der Waals surface area contributed by atoms with Crippen LogP contribution in [0, 0.1) is 24.0 Å². The Morgan fingerprint density at radius 2 is 1.95 bits per heavy atom. The molecule has 1 aromatic carbocycles. The van der Waals surface area contributed by atoms with E-state index in [4.69, 9.17) is 4.74 Å². The van der Waals surface area contributed by atoms with E-state index in [0.717, 1.165) is 28.1 Å². The predicted molar refractivity (Wildman–Crippen MR) is 72.4 cm³/mol. The topological polar surface area (TPSA) is 65.3 Å². The monoisotopic (exact) mass is 258 g/mol. The lowest BCUT2D eigenvalue weighted by molar-refractivity contribution is -0.385. The summed E-state index contributed by atoms with van der Waals surface area (Å²) in [5, 5.41) is 10.8. The highest BCUT2D eigenvalue weighted by Crippen LogP contribution is 2.30. The number of nitro groups is 1. The van der Waals surface area contributed by atoms with Crippen LogP contribution in [-0.2, 0) is 0 Å². The maximum atomic E-state index is 10.8. The van der Waals surface area contributed by atoms with Crippen LogP contribution in [0.4, 0.5) is 5.69 Å². The summed E-state index contributed by atoms with van der Waals surface area (Å²) in [5.41, 5.74) is 3.45. The Balaban J connectivity index is 2.58. The number of hydrogen-bond acceptors (Lipinski definition) is 4. The van der Waals surface area contributed by atoms with E-state index < -0.39 is 4.92 Å². The SMILES string of the molecule is COc1ccc(-c2cc([N+](=O)[O-])cnc2C)c(C)c1. The zero-order valence-electron chi connectivity index (χ0n) is 11.0. The van der Waals surface area contributed by atoms with Crippen LogP contribution in [0.5, 0.6) is 5.75 Å². The van der Waals surface area contributed by atoms with Crippen molar-refractivity contribution < 1.29 is 9.66 Å². The number of aromatic nitrogens is 1. The lowest BCUT2D eigenvalue weighted by Gasteiger charge is -2.10. The Morgan fingerprint density at radius 1 is 1.21 bits per heavy atom. The summed E-state index contributed by atoms with van der Waals surface area (Å²) in [7, 11) is 1.61. The van der Waals surface area contributed by atoms with Gasteiger partial charge in [0.15, 0.2) is 0 Å². The van der Waals surface area contributed by atoms with E-state index in [9.17, 15) is 10.1 Å². The third kappa shape index (κ3) is 2.54. The van der Waals surface area contributed by atoms with Crippen molar-refractivity contribution in [2.75, 3.05) is 7.11 Å². The molecule has 98 valence electrons. The summed E-state index contributed by atoms with van der Waals surface area (Å²) >= 11 is 0. The van der Waals surface area contributed by atoms with Crippen LogP contribution in [-0.4, -0.2) is 17.0 Å². The highest BCUT2D eigenvalue weighted by molar-refractivity contribution is 5.71. The minimum atomic E-state index is -0.436. The summed E-state index contributed by atoms with van der Waals surface area (Å²) in [6, 6.07) is 7.17. The first-order chi connectivity index (χ1) is 9.02. The highest BCUT2D eigenvalue weighted by atomic mass is 16.6. The minimum Gasteiger partial charge on any atom is -0.497 e. The molecule has 0 N–H and O–H groups in total. The van der Waals surface area contributed by atoms with Crippen molar-refractivity contribution in [2.45, 2.75) is 13.8 Å². The van der Waals surface area contributed by atoms with Gasteiger partial charge in [-0.2, -0.15) is 0 Å². The van der Waals surface area contributed by atoms with Gasteiger partial charge in [-0.25, -0.2) is 0 Å². The van der Waals surface area contributed by atoms with Gasteiger partial charge in [-0.05, 0) is 37.1 Å². The molecule has 1 heterocycles. The van der Waals surface area contributed by atoms with E-state index in [-0.39, 0.29) is 5.69 Å². The van der Waals surface area contributed by atoms with Crippen LogP contribution < -0.4 is 4.74 Å². The van der Waals surface area contributed by atoms with Crippen LogP contribution in [0.15, 0.2) is 30.5 Å². The largest absolute Gasteiger partial charge is 0.497 e. The Kier molecular flexibility index (Phi) is 3.46. The lowest BCUT2D eigenvalue weighted by Crippen LogP contribution is -1.95. The molecule has 0 bridgehead atoms. The van der Waals surface area contributed by atoms with Crippen LogP contribution in [0.1, 0.15) is 11.3 Å². The molecule has 0 saturated heterocycles. The fourth-order valence-corrected chi connectivity index (χ4v) is 1.96. The Bertz CT molecular complexity index is 639. The standard InChI is InChI=1S/C14H14N2O3/c1-9-6-12(19-3)4-5-13(9)14-7-11(16(17)18)8-15-10(14)2/h4-8H,1-3H3. The molecule has 2 rings (SSSR count). The fourth-order valence-electron chi connectivity index (χ4n) is 1.96. The van der Waals surface area contributed by atoms with Gasteiger partial charge in [0, 0.05) is 17.3 Å². The highest BCUT2D eigenvalue weighted by Gasteiger charge is 2.13. The van der Waals surface area contributed by atoms with Crippen molar-refractivity contribution in [1.29, 1.82) is 0 Å². The summed E-state index contributed by atoms with van der Waals surface area (Å²) in [6.45, 7) is 3.78. The zero-order valence-corrected chi connectivity index (χ0v) is 11.0. The molecule has 0 radical (unpaired) electrons. The Labute approximate surface area is 111 Å². The van der Waals surface area contributed by atoms with Crippen LogP contribution in [0.2, 0.25) is 0 Å². The molecule has 0 aliphatic carbocycles. The maximum absolute atomic E-state index is 10.8. The molecule has 1 aromatic heterocycles. The van der Waals surface area contributed by atoms with Crippen LogP contribution in [0.3, 0.4) is 0 Å². The quantitative estimate of drug-likeness (QED) is 0.626. The molecule has 0 saturated carbocycles. The first-order valence-electron chi connectivity index (χ1n) is 5.79. The molecule has 19 heavy (non-hydrogen) atoms. The van der Waals surface area contributed by atoms with Gasteiger partial charge < -0.3 is 4.74 Å². The van der Waals surface area contributed by atoms with Crippen molar-refractivity contribution in [2.24, 2.45) is 0 Å². The lowest BCUT2D eigenvalue weighted by atomic mass is 9.99. The molecule has 5 nitrogen and oxygen atoms in total. The second kappa shape index (κ2) is 5.06. The van der Waals surface area contributed by atoms with Crippen LogP contribution in [0.25, 0.3) is 11.1 Å². The van der Waals surface area contributed by atoms with Crippen molar-refractivity contribution in [1.82, 2.24) is 4.98 Å². The molecular weight excluding hydrogens is 244 g/mol. The number of aryl methyl sites for hydroxylation is 2. The number of benzene rings is 1. The number of hydrogen-bond donors (Lipinski definition) is 0. The summed E-state index contributed by atoms with van der Waals surface area (Å²) < 4.78 is 5.15. The molecule has 5 heteroatoms. The smallest absolute Gasteiger partial charge is 0.288 e. The molecular formula is C14H14N2O3. The van der Waals surface area contributed by atoms with Crippen LogP contribution >= 0.6 is 0 Å². The molecule has 0 unspecified atom stereocenters. The Morgan fingerprint density at radius 3 is 2.53 bits per heavy atom. The first kappa shape index (κ1) is 13.0. The molecule has 2 aromatic rings. The summed E-state index contributed by atoms with van der Waals surface area (Å²) in [4.78, 5) is 14.5. The number of pyridine rings is 1. The average Bonchev–Trinajstić information content (AvgIpc) is 2.39. The second-order valence-electron chi connectivity index (χ2n) is 4.26. The maximum Gasteiger partial charge on any atom is 0.288 e. The molecule has 0 atom stereocenters. The van der Waals surface area contributed by atoms with Gasteiger partial charge in [-0.3, -0.25) is 15.1 Å². The van der Waals surface area contributed by atoms with Gasteiger partial charge >= 0.3 is 0 Å². The average molecular weight is 258 g/mol. The number of rotatable bonds is 3. The van der Waals surface area contributed by atoms with E-state index in [0.29, 0.717) is 0 Å². The van der Waals surface area contributed by atoms with Gasteiger partial charge in [0.25, 0.3) is 5.69 Å². The molecule has 0 aliphatic heterocycles. The van der Waals surface area contributed by atoms with Gasteiger partial charge in [-0.15, -0.1) is 0 Å². The van der Waals surface area contributed by atoms with E-state index in [1.54, 1.807) is 13.2 Å². The van der Waals surface area contributed by atoms with E-state index >= 15 is 0 Å². The number of methoxy groups -OCH3 is 1. The van der Waals surface area contributed by atoms with E-state index in [1.165, 1.54) is 6.20 Å². The van der Waals surface area contributed by atoms with Gasteiger partial charge in [0.05, 0.1) is 12.0 Å². The summed E-state index contributed by atoms with van der Waals surface area (Å²) in [6.07, 6.45) is 1.28. The third-order valence-electron chi connectivity index (χ3n) is 3.01. The fraction of sp³-hybridized carbons (Fsp3) is 0.214. The van der Waals surface area contributed by atoms with E-state index in [1.807, 2.05) is 32.0 Å². The van der Waals surface area contributed by atoms with Gasteiger partial charge in [0.2, 0.25) is 0 Å². The molecule has 0 spiro atoms. The van der Waals surface area contributed by atoms with E-state index in [2.05, 4.69) is 4.98 Å². The van der Waals surface area contributed by atoms with Crippen molar-refractivity contribution in [3.63, 3.8) is 0 Å². The molecule has 0 aliphatic rings. The van der Waals surface area contributed by atoms with Gasteiger partial charge in [-0.1, -0.05) is 6.07 Å². The normalized spacial score (nSPS) is 10.3. The first-order valence-corrected chi connectivity index (χ1v) is 5.79. The number of ether oxygens (including phenoxy) is 1. The Hall–Kier alpha value is -2.43. The summed E-state index contributed by atoms with van der Waals surface area (Å²) in [5.74, 6) is 0.761. The minimum absolute atomic E-state index is 0.00387. The predicted octanol–water partition coefficient (Wildman–Crippen LogP) is 3.28. The van der Waals surface area contributed by atoms with Crippen molar-refractivity contribution in [3.8, 4) is 16.9 Å². The van der Waals surface area contributed by atoms with Crippen molar-refractivity contribution in [3.05, 3.63) is 51.8 Å². The molecule has 0 fully saturated rings. The van der Waals surface area contributed by atoms with Crippen molar-refractivity contribution >= 4 is 5.69 Å². The number of nitrogens with zero attached hydrogens (tertiary/aromatic N) is 2. The third-order valence-corrected chi connectivity index (χ3v) is 3.01. The molecule has 0 amide bonds. The zero-order chi connectivity index (χ0) is 14.0.